The van der Waals surface area contributed by atoms with Gasteiger partial charge in [-0.2, -0.15) is 0 Å². The number of fused-ring (bicyclic) bond motifs is 1. The molecule has 3 heterocycles. The summed E-state index contributed by atoms with van der Waals surface area (Å²) in [5, 5.41) is 1.25. The number of nitrogens with zero attached hydrogens (tertiary/aromatic N) is 4. The Morgan fingerprint density at radius 3 is 2.72 bits per heavy atom. The second-order valence-corrected chi connectivity index (χ2v) is 6.85. The van der Waals surface area contributed by atoms with Crippen LogP contribution in [0.15, 0.2) is 49.1 Å². The number of pyridine rings is 1. The third kappa shape index (κ3) is 3.27. The van der Waals surface area contributed by atoms with Gasteiger partial charge in [0.2, 0.25) is 0 Å². The number of aromatic nitrogens is 3. The SMILES string of the molecule is Cn1cnc(C(=O)N2CCC(Cc3ccnc4ccccc34)CC2)c1. The highest BCUT2D eigenvalue weighted by Crippen LogP contribution is 2.26. The summed E-state index contributed by atoms with van der Waals surface area (Å²) >= 11 is 0. The van der Waals surface area contributed by atoms with Gasteiger partial charge < -0.3 is 9.47 Å². The van der Waals surface area contributed by atoms with Crippen LogP contribution in [0.25, 0.3) is 10.9 Å². The number of benzene rings is 1. The van der Waals surface area contributed by atoms with E-state index in [1.807, 2.05) is 28.8 Å². The first-order chi connectivity index (χ1) is 12.2. The summed E-state index contributed by atoms with van der Waals surface area (Å²) in [5.41, 5.74) is 2.96. The van der Waals surface area contributed by atoms with Gasteiger partial charge in [-0.1, -0.05) is 18.2 Å². The third-order valence-corrected chi connectivity index (χ3v) is 5.07. The van der Waals surface area contributed by atoms with Crippen LogP contribution < -0.4 is 0 Å². The number of hydrogen-bond donors (Lipinski definition) is 0. The van der Waals surface area contributed by atoms with Crippen molar-refractivity contribution >= 4 is 16.8 Å². The lowest BCUT2D eigenvalue weighted by Crippen LogP contribution is -2.39. The zero-order valence-electron chi connectivity index (χ0n) is 14.4. The molecule has 1 fully saturated rings. The number of rotatable bonds is 3. The van der Waals surface area contributed by atoms with E-state index in [0.717, 1.165) is 37.9 Å². The van der Waals surface area contributed by atoms with E-state index in [9.17, 15) is 4.79 Å². The Bertz CT molecular complexity index is 888. The molecule has 1 amide bonds. The average molecular weight is 334 g/mol. The number of imidazole rings is 1. The van der Waals surface area contributed by atoms with Crippen LogP contribution in [0.1, 0.15) is 28.9 Å². The van der Waals surface area contributed by atoms with Crippen molar-refractivity contribution in [3.05, 3.63) is 60.3 Å². The molecular weight excluding hydrogens is 312 g/mol. The van der Waals surface area contributed by atoms with E-state index in [0.29, 0.717) is 11.6 Å². The molecule has 0 radical (unpaired) electrons. The minimum atomic E-state index is 0.0495. The third-order valence-electron chi connectivity index (χ3n) is 5.07. The number of para-hydroxylation sites is 1. The normalized spacial score (nSPS) is 15.6. The predicted octanol–water partition coefficient (Wildman–Crippen LogP) is 3.06. The Balaban J connectivity index is 1.41. The van der Waals surface area contributed by atoms with Crippen LogP contribution in [-0.4, -0.2) is 38.4 Å². The largest absolute Gasteiger partial charge is 0.340 e. The lowest BCUT2D eigenvalue weighted by Gasteiger charge is -2.31. The fraction of sp³-hybridized carbons (Fsp3) is 0.350. The number of likely N-dealkylation sites (tertiary alicyclic amines) is 1. The van der Waals surface area contributed by atoms with Crippen molar-refractivity contribution in [2.75, 3.05) is 13.1 Å². The van der Waals surface area contributed by atoms with E-state index < -0.39 is 0 Å². The fourth-order valence-electron chi connectivity index (χ4n) is 3.67. The van der Waals surface area contributed by atoms with Crippen molar-refractivity contribution in [2.24, 2.45) is 13.0 Å². The smallest absolute Gasteiger partial charge is 0.274 e. The van der Waals surface area contributed by atoms with Crippen molar-refractivity contribution in [3.8, 4) is 0 Å². The molecule has 0 unspecified atom stereocenters. The molecule has 0 aliphatic carbocycles. The van der Waals surface area contributed by atoms with E-state index in [2.05, 4.69) is 34.2 Å². The fourth-order valence-corrected chi connectivity index (χ4v) is 3.67. The topological polar surface area (TPSA) is 51.0 Å². The van der Waals surface area contributed by atoms with E-state index >= 15 is 0 Å². The maximum absolute atomic E-state index is 12.5. The van der Waals surface area contributed by atoms with Gasteiger partial charge in [0.15, 0.2) is 0 Å². The van der Waals surface area contributed by atoms with E-state index in [4.69, 9.17) is 0 Å². The molecule has 2 aromatic heterocycles. The van der Waals surface area contributed by atoms with Gasteiger partial charge >= 0.3 is 0 Å². The molecule has 0 bridgehead atoms. The van der Waals surface area contributed by atoms with Crippen LogP contribution in [0, 0.1) is 5.92 Å². The minimum absolute atomic E-state index is 0.0495. The monoisotopic (exact) mass is 334 g/mol. The van der Waals surface area contributed by atoms with Crippen LogP contribution in [0.3, 0.4) is 0 Å². The lowest BCUT2D eigenvalue weighted by atomic mass is 9.89. The maximum atomic E-state index is 12.5. The molecule has 0 atom stereocenters. The Morgan fingerprint density at radius 2 is 1.96 bits per heavy atom. The van der Waals surface area contributed by atoms with Gasteiger partial charge in [0.1, 0.15) is 5.69 Å². The Hall–Kier alpha value is -2.69. The number of hydrogen-bond acceptors (Lipinski definition) is 3. The molecule has 0 spiro atoms. The molecule has 5 nitrogen and oxygen atoms in total. The van der Waals surface area contributed by atoms with Gasteiger partial charge in [0.05, 0.1) is 11.8 Å². The van der Waals surface area contributed by atoms with Gasteiger partial charge in [0.25, 0.3) is 5.91 Å². The van der Waals surface area contributed by atoms with Crippen LogP contribution in [0.4, 0.5) is 0 Å². The molecule has 128 valence electrons. The Kier molecular flexibility index (Phi) is 4.22. The molecule has 1 aromatic carbocycles. The van der Waals surface area contributed by atoms with E-state index in [-0.39, 0.29) is 5.91 Å². The quantitative estimate of drug-likeness (QED) is 0.740. The first-order valence-electron chi connectivity index (χ1n) is 8.80. The average Bonchev–Trinajstić information content (AvgIpc) is 3.08. The molecule has 1 saturated heterocycles. The standard InChI is InChI=1S/C20H22N4O/c1-23-13-19(22-14-23)20(25)24-10-7-15(8-11-24)12-16-6-9-21-18-5-3-2-4-17(16)18/h2-6,9,13-15H,7-8,10-12H2,1H3. The Morgan fingerprint density at radius 1 is 1.16 bits per heavy atom. The Labute approximate surface area is 147 Å². The van der Waals surface area contributed by atoms with Crippen LogP contribution in [0.2, 0.25) is 0 Å². The zero-order chi connectivity index (χ0) is 17.2. The summed E-state index contributed by atoms with van der Waals surface area (Å²) in [7, 11) is 1.88. The summed E-state index contributed by atoms with van der Waals surface area (Å²) < 4.78 is 1.81. The summed E-state index contributed by atoms with van der Waals surface area (Å²) in [6, 6.07) is 10.4. The molecule has 4 rings (SSSR count). The van der Waals surface area contributed by atoms with Crippen molar-refractivity contribution < 1.29 is 4.79 Å². The highest BCUT2D eigenvalue weighted by atomic mass is 16.2. The van der Waals surface area contributed by atoms with Crippen molar-refractivity contribution in [3.63, 3.8) is 0 Å². The summed E-state index contributed by atoms with van der Waals surface area (Å²) in [4.78, 5) is 23.0. The highest BCUT2D eigenvalue weighted by Gasteiger charge is 2.25. The molecule has 1 aliphatic rings. The van der Waals surface area contributed by atoms with E-state index in [1.54, 1.807) is 12.5 Å². The molecule has 1 aliphatic heterocycles. The van der Waals surface area contributed by atoms with Gasteiger partial charge in [0, 0.05) is 37.9 Å². The molecule has 5 heteroatoms. The number of carbonyl (C=O) groups excluding carboxylic acids is 1. The lowest BCUT2D eigenvalue weighted by molar-refractivity contribution is 0.0685. The number of aryl methyl sites for hydroxylation is 1. The second-order valence-electron chi connectivity index (χ2n) is 6.85. The molecular formula is C20H22N4O. The van der Waals surface area contributed by atoms with Gasteiger partial charge in [-0.05, 0) is 42.9 Å². The summed E-state index contributed by atoms with van der Waals surface area (Å²) in [6.07, 6.45) is 8.49. The predicted molar refractivity (Wildman–Crippen MR) is 97.3 cm³/mol. The van der Waals surface area contributed by atoms with Crippen molar-refractivity contribution in [2.45, 2.75) is 19.3 Å². The number of piperidine rings is 1. The molecule has 0 N–H and O–H groups in total. The van der Waals surface area contributed by atoms with Gasteiger partial charge in [-0.25, -0.2) is 4.98 Å². The highest BCUT2D eigenvalue weighted by molar-refractivity contribution is 5.92. The first-order valence-corrected chi connectivity index (χ1v) is 8.80. The maximum Gasteiger partial charge on any atom is 0.274 e. The van der Waals surface area contributed by atoms with Gasteiger partial charge in [-0.15, -0.1) is 0 Å². The van der Waals surface area contributed by atoms with Crippen LogP contribution >= 0.6 is 0 Å². The summed E-state index contributed by atoms with van der Waals surface area (Å²) in [5.74, 6) is 0.659. The van der Waals surface area contributed by atoms with Crippen LogP contribution in [0.5, 0.6) is 0 Å². The second kappa shape index (κ2) is 6.67. The molecule has 0 saturated carbocycles. The molecule has 3 aromatic rings. The molecule has 25 heavy (non-hydrogen) atoms. The van der Waals surface area contributed by atoms with Gasteiger partial charge in [-0.3, -0.25) is 9.78 Å². The minimum Gasteiger partial charge on any atom is -0.340 e. The van der Waals surface area contributed by atoms with Crippen molar-refractivity contribution in [1.82, 2.24) is 19.4 Å². The number of carbonyl (C=O) groups is 1. The van der Waals surface area contributed by atoms with E-state index in [1.165, 1.54) is 10.9 Å². The first kappa shape index (κ1) is 15.8. The van der Waals surface area contributed by atoms with Crippen LogP contribution in [-0.2, 0) is 13.5 Å². The van der Waals surface area contributed by atoms with Crippen molar-refractivity contribution in [1.29, 1.82) is 0 Å². The zero-order valence-corrected chi connectivity index (χ0v) is 14.4. The number of amides is 1. The summed E-state index contributed by atoms with van der Waals surface area (Å²) in [6.45, 7) is 1.62.